The van der Waals surface area contributed by atoms with E-state index in [0.717, 1.165) is 17.5 Å². The van der Waals surface area contributed by atoms with Gasteiger partial charge in [-0.25, -0.2) is 0 Å². The third-order valence-electron chi connectivity index (χ3n) is 5.33. The highest BCUT2D eigenvalue weighted by molar-refractivity contribution is 6.46. The summed E-state index contributed by atoms with van der Waals surface area (Å²) in [6.07, 6.45) is 4.21. The highest BCUT2D eigenvalue weighted by Crippen LogP contribution is 2.40. The third-order valence-corrected chi connectivity index (χ3v) is 5.33. The quantitative estimate of drug-likeness (QED) is 0.341. The van der Waals surface area contributed by atoms with Gasteiger partial charge in [0.25, 0.3) is 11.7 Å². The van der Waals surface area contributed by atoms with Crippen LogP contribution in [0, 0.1) is 0 Å². The van der Waals surface area contributed by atoms with Gasteiger partial charge in [-0.3, -0.25) is 14.6 Å². The summed E-state index contributed by atoms with van der Waals surface area (Å²) in [5.74, 6) is -0.828. The lowest BCUT2D eigenvalue weighted by Gasteiger charge is -2.25. The minimum Gasteiger partial charge on any atom is -0.507 e. The van der Waals surface area contributed by atoms with E-state index in [-0.39, 0.29) is 17.9 Å². The Morgan fingerprint density at radius 2 is 1.78 bits per heavy atom. The number of ether oxygens (including phenoxy) is 1. The molecule has 6 nitrogen and oxygen atoms in total. The van der Waals surface area contributed by atoms with Crippen LogP contribution in [0.1, 0.15) is 36.1 Å². The van der Waals surface area contributed by atoms with E-state index < -0.39 is 17.7 Å². The number of ketones is 1. The summed E-state index contributed by atoms with van der Waals surface area (Å²) in [5, 5.41) is 11.0. The second-order valence-corrected chi connectivity index (χ2v) is 7.57. The highest BCUT2D eigenvalue weighted by Gasteiger charge is 2.46. The summed E-state index contributed by atoms with van der Waals surface area (Å²) >= 11 is 0. The third kappa shape index (κ3) is 4.25. The molecule has 0 unspecified atom stereocenters. The van der Waals surface area contributed by atoms with E-state index >= 15 is 0 Å². The van der Waals surface area contributed by atoms with Crippen molar-refractivity contribution >= 4 is 17.4 Å². The van der Waals surface area contributed by atoms with Gasteiger partial charge in [0.2, 0.25) is 0 Å². The van der Waals surface area contributed by atoms with E-state index in [2.05, 4.69) is 4.98 Å². The van der Waals surface area contributed by atoms with Gasteiger partial charge in [-0.05, 0) is 35.7 Å². The molecule has 0 radical (unpaired) electrons. The maximum absolute atomic E-state index is 13.1. The van der Waals surface area contributed by atoms with Gasteiger partial charge in [-0.15, -0.1) is 0 Å². The summed E-state index contributed by atoms with van der Waals surface area (Å²) < 4.78 is 5.66. The number of carbonyl (C=O) groups excluding carboxylic acids is 2. The molecule has 2 aromatic carbocycles. The summed E-state index contributed by atoms with van der Waals surface area (Å²) in [7, 11) is 0. The molecule has 0 spiro atoms. The van der Waals surface area contributed by atoms with Crippen LogP contribution in [0.25, 0.3) is 5.76 Å². The lowest BCUT2D eigenvalue weighted by molar-refractivity contribution is -0.140. The number of amides is 1. The number of aliphatic hydroxyl groups is 1. The van der Waals surface area contributed by atoms with Crippen molar-refractivity contribution in [1.29, 1.82) is 0 Å². The van der Waals surface area contributed by atoms with E-state index in [4.69, 9.17) is 4.74 Å². The summed E-state index contributed by atoms with van der Waals surface area (Å²) in [5.41, 5.74) is 2.07. The zero-order chi connectivity index (χ0) is 22.5. The Morgan fingerprint density at radius 3 is 2.44 bits per heavy atom. The van der Waals surface area contributed by atoms with Crippen LogP contribution in [-0.4, -0.2) is 33.3 Å². The topological polar surface area (TPSA) is 79.7 Å². The van der Waals surface area contributed by atoms with Crippen molar-refractivity contribution in [3.8, 4) is 5.75 Å². The number of pyridine rings is 1. The first-order chi connectivity index (χ1) is 15.6. The fraction of sp³-hybridized carbons (Fsp3) is 0.192. The van der Waals surface area contributed by atoms with Crippen molar-refractivity contribution in [2.75, 3.05) is 6.61 Å². The first-order valence-electron chi connectivity index (χ1n) is 10.6. The van der Waals surface area contributed by atoms with Crippen LogP contribution in [0.5, 0.6) is 5.75 Å². The average molecular weight is 428 g/mol. The van der Waals surface area contributed by atoms with E-state index in [0.29, 0.717) is 17.9 Å². The summed E-state index contributed by atoms with van der Waals surface area (Å²) in [6, 6.07) is 19.0. The number of hydrogen-bond acceptors (Lipinski definition) is 5. The van der Waals surface area contributed by atoms with E-state index in [1.165, 1.54) is 4.90 Å². The summed E-state index contributed by atoms with van der Waals surface area (Å²) in [6.45, 7) is 2.83. The number of benzene rings is 2. The number of aromatic nitrogens is 1. The highest BCUT2D eigenvalue weighted by atomic mass is 16.5. The van der Waals surface area contributed by atoms with Crippen LogP contribution >= 0.6 is 0 Å². The Labute approximate surface area is 186 Å². The van der Waals surface area contributed by atoms with E-state index in [9.17, 15) is 14.7 Å². The molecule has 0 aliphatic carbocycles. The van der Waals surface area contributed by atoms with Crippen LogP contribution in [0.4, 0.5) is 0 Å². The molecule has 4 rings (SSSR count). The number of hydrogen-bond donors (Lipinski definition) is 1. The molecule has 1 aliphatic rings. The van der Waals surface area contributed by atoms with E-state index in [1.54, 1.807) is 42.7 Å². The van der Waals surface area contributed by atoms with Crippen LogP contribution < -0.4 is 4.74 Å². The van der Waals surface area contributed by atoms with Crippen molar-refractivity contribution in [2.24, 2.45) is 0 Å². The van der Waals surface area contributed by atoms with Gasteiger partial charge in [0.1, 0.15) is 11.5 Å². The molecule has 1 fully saturated rings. The van der Waals surface area contributed by atoms with Crippen LogP contribution in [-0.2, 0) is 16.1 Å². The normalized spacial score (nSPS) is 17.5. The van der Waals surface area contributed by atoms with Crippen molar-refractivity contribution in [3.05, 3.63) is 101 Å². The van der Waals surface area contributed by atoms with E-state index in [1.807, 2.05) is 43.3 Å². The van der Waals surface area contributed by atoms with Crippen molar-refractivity contribution < 1.29 is 19.4 Å². The lowest BCUT2D eigenvalue weighted by atomic mass is 9.95. The van der Waals surface area contributed by atoms with Gasteiger partial charge in [-0.2, -0.15) is 0 Å². The molecule has 1 N–H and O–H groups in total. The minimum atomic E-state index is -0.726. The number of rotatable bonds is 7. The van der Waals surface area contributed by atoms with Crippen molar-refractivity contribution in [1.82, 2.24) is 9.88 Å². The molecule has 1 aromatic heterocycles. The fourth-order valence-electron chi connectivity index (χ4n) is 3.80. The van der Waals surface area contributed by atoms with Crippen molar-refractivity contribution in [3.63, 3.8) is 0 Å². The fourth-order valence-corrected chi connectivity index (χ4v) is 3.80. The molecule has 0 saturated carbocycles. The molecule has 0 bridgehead atoms. The standard InChI is InChI=1S/C26H24N2O4/c1-2-15-32-21-12-10-19(11-13-21)23-22(24(29)20-8-4-3-5-9-20)25(30)26(31)28(23)17-18-7-6-14-27-16-18/h3-14,16,23,29H,2,15,17H2,1H3/b24-22+/t23-/m0/s1. The lowest BCUT2D eigenvalue weighted by Crippen LogP contribution is -2.29. The monoisotopic (exact) mass is 428 g/mol. The Bertz CT molecular complexity index is 1130. The van der Waals surface area contributed by atoms with Gasteiger partial charge in [0.15, 0.2) is 0 Å². The van der Waals surface area contributed by atoms with Gasteiger partial charge < -0.3 is 14.7 Å². The molecule has 1 atom stereocenters. The van der Waals surface area contributed by atoms with Crippen LogP contribution in [0.15, 0.2) is 84.7 Å². The van der Waals surface area contributed by atoms with Gasteiger partial charge in [0, 0.05) is 24.5 Å². The first-order valence-corrected chi connectivity index (χ1v) is 10.6. The minimum absolute atomic E-state index is 0.0762. The molecule has 32 heavy (non-hydrogen) atoms. The number of Topliss-reactive ketones (excluding diaryl/α,β-unsaturated/α-hetero) is 1. The van der Waals surface area contributed by atoms with Crippen LogP contribution in [0.2, 0.25) is 0 Å². The predicted molar refractivity (Wildman–Crippen MR) is 121 cm³/mol. The average Bonchev–Trinajstić information content (AvgIpc) is 3.08. The Kier molecular flexibility index (Phi) is 6.31. The molecule has 162 valence electrons. The second-order valence-electron chi connectivity index (χ2n) is 7.57. The molecule has 3 aromatic rings. The van der Waals surface area contributed by atoms with Crippen molar-refractivity contribution in [2.45, 2.75) is 25.9 Å². The number of aliphatic hydroxyl groups excluding tert-OH is 1. The molecular formula is C26H24N2O4. The maximum atomic E-state index is 13.1. The first kappa shape index (κ1) is 21.3. The predicted octanol–water partition coefficient (Wildman–Crippen LogP) is 4.49. The zero-order valence-electron chi connectivity index (χ0n) is 17.8. The Morgan fingerprint density at radius 1 is 1.03 bits per heavy atom. The molecule has 1 amide bonds. The summed E-state index contributed by atoms with van der Waals surface area (Å²) in [4.78, 5) is 31.7. The van der Waals surface area contributed by atoms with Crippen LogP contribution in [0.3, 0.4) is 0 Å². The van der Waals surface area contributed by atoms with Gasteiger partial charge >= 0.3 is 0 Å². The SMILES string of the molecule is CCCOc1ccc([C@H]2/C(=C(\O)c3ccccc3)C(=O)C(=O)N2Cc2cccnc2)cc1. The largest absolute Gasteiger partial charge is 0.507 e. The molecule has 1 aliphatic heterocycles. The molecule has 6 heteroatoms. The number of likely N-dealkylation sites (tertiary alicyclic amines) is 1. The smallest absolute Gasteiger partial charge is 0.295 e. The Hall–Kier alpha value is -3.93. The Balaban J connectivity index is 1.79. The molecular weight excluding hydrogens is 404 g/mol. The van der Waals surface area contributed by atoms with Gasteiger partial charge in [0.05, 0.1) is 18.2 Å². The molecule has 1 saturated heterocycles. The number of carbonyl (C=O) groups is 2. The molecule has 2 heterocycles. The second kappa shape index (κ2) is 9.47. The van der Waals surface area contributed by atoms with Gasteiger partial charge in [-0.1, -0.05) is 55.5 Å². The maximum Gasteiger partial charge on any atom is 0.295 e. The number of nitrogens with zero attached hydrogens (tertiary/aromatic N) is 2. The zero-order valence-corrected chi connectivity index (χ0v) is 17.8.